The van der Waals surface area contributed by atoms with Gasteiger partial charge in [0.25, 0.3) is 0 Å². The van der Waals surface area contributed by atoms with Crippen LogP contribution < -0.4 is 9.64 Å². The van der Waals surface area contributed by atoms with Gasteiger partial charge in [0, 0.05) is 19.0 Å². The summed E-state index contributed by atoms with van der Waals surface area (Å²) in [7, 11) is -3.45. The van der Waals surface area contributed by atoms with Crippen molar-refractivity contribution in [2.75, 3.05) is 18.6 Å². The molecule has 1 aliphatic heterocycles. The molecular weight excluding hydrogens is 280 g/mol. The van der Waals surface area contributed by atoms with Crippen LogP contribution in [0.5, 0.6) is 5.75 Å². The molecule has 0 spiro atoms. The van der Waals surface area contributed by atoms with E-state index in [9.17, 15) is 21.5 Å². The zero-order chi connectivity index (χ0) is 14.2. The summed E-state index contributed by atoms with van der Waals surface area (Å²) >= 11 is 0. The maximum Gasteiger partial charge on any atom is 0.307 e. The van der Waals surface area contributed by atoms with E-state index >= 15 is 0 Å². The summed E-state index contributed by atoms with van der Waals surface area (Å²) in [5.74, 6) is -1.09. The van der Waals surface area contributed by atoms with Crippen molar-refractivity contribution in [1.29, 1.82) is 0 Å². The number of nitrogens with zero attached hydrogens (tertiary/aromatic N) is 1. The van der Waals surface area contributed by atoms with Crippen LogP contribution >= 0.6 is 0 Å². The van der Waals surface area contributed by atoms with Crippen LogP contribution in [0.25, 0.3) is 0 Å². The van der Waals surface area contributed by atoms with E-state index in [-0.39, 0.29) is 18.0 Å². The number of rotatable bonds is 3. The molecule has 1 aliphatic rings. The van der Waals surface area contributed by atoms with Gasteiger partial charge in [0.05, 0.1) is 12.8 Å². The van der Waals surface area contributed by atoms with Gasteiger partial charge >= 0.3 is 10.2 Å². The lowest BCUT2D eigenvalue weighted by molar-refractivity contribution is -0.117. The van der Waals surface area contributed by atoms with E-state index in [1.54, 1.807) is 0 Å². The molecule has 1 saturated heterocycles. The predicted octanol–water partition coefficient (Wildman–Crippen LogP) is 1.24. The largest absolute Gasteiger partial charge is 0.497 e. The minimum atomic E-state index is -4.81. The zero-order valence-corrected chi connectivity index (χ0v) is 10.8. The van der Waals surface area contributed by atoms with Gasteiger partial charge in [-0.1, -0.05) is 0 Å². The Bertz CT molecular complexity index is 617. The molecule has 8 heteroatoms. The van der Waals surface area contributed by atoms with Gasteiger partial charge in [-0.05, 0) is 12.1 Å². The van der Waals surface area contributed by atoms with Gasteiger partial charge in [-0.3, -0.25) is 4.79 Å². The molecule has 1 heterocycles. The van der Waals surface area contributed by atoms with Crippen molar-refractivity contribution in [2.45, 2.75) is 11.7 Å². The molecule has 1 amide bonds. The van der Waals surface area contributed by atoms with Gasteiger partial charge in [-0.25, -0.2) is 4.39 Å². The van der Waals surface area contributed by atoms with Crippen molar-refractivity contribution >= 4 is 21.8 Å². The van der Waals surface area contributed by atoms with Gasteiger partial charge in [-0.15, -0.1) is 3.89 Å². The molecule has 1 aromatic rings. The van der Waals surface area contributed by atoms with Crippen LogP contribution in [0.4, 0.5) is 14.0 Å². The maximum atomic E-state index is 13.8. The molecular formula is C11H11F2NO4S. The summed E-state index contributed by atoms with van der Waals surface area (Å²) in [5, 5.41) is -1.44. The van der Waals surface area contributed by atoms with E-state index in [2.05, 4.69) is 0 Å². The Morgan fingerprint density at radius 1 is 1.42 bits per heavy atom. The summed E-state index contributed by atoms with van der Waals surface area (Å²) < 4.78 is 53.0. The number of halogens is 2. The highest BCUT2D eigenvalue weighted by atomic mass is 32.3. The monoisotopic (exact) mass is 291 g/mol. The van der Waals surface area contributed by atoms with Gasteiger partial charge in [0.2, 0.25) is 5.91 Å². The van der Waals surface area contributed by atoms with Crippen molar-refractivity contribution in [1.82, 2.24) is 0 Å². The lowest BCUT2D eigenvalue weighted by atomic mass is 10.2. The molecule has 1 atom stereocenters. The second-order valence-electron chi connectivity index (χ2n) is 4.12. The number of benzene rings is 1. The van der Waals surface area contributed by atoms with Crippen LogP contribution in [0.2, 0.25) is 0 Å². The SMILES string of the molecule is COc1ccc(N2CC(S(=O)(=O)F)CC2=O)c(F)c1. The fraction of sp³-hybridized carbons (Fsp3) is 0.364. The van der Waals surface area contributed by atoms with Crippen LogP contribution in [0, 0.1) is 5.82 Å². The second kappa shape index (κ2) is 4.76. The standard InChI is InChI=1S/C11H11F2NO4S/c1-18-7-2-3-10(9(12)4-7)14-6-8(5-11(14)15)19(13,16)17/h2-4,8H,5-6H2,1H3. The van der Waals surface area contributed by atoms with Crippen LogP contribution in [0.3, 0.4) is 0 Å². The van der Waals surface area contributed by atoms with Crippen molar-refractivity contribution in [3.05, 3.63) is 24.0 Å². The Morgan fingerprint density at radius 3 is 2.58 bits per heavy atom. The topological polar surface area (TPSA) is 63.7 Å². The Labute approximate surface area is 109 Å². The second-order valence-corrected chi connectivity index (χ2v) is 5.74. The van der Waals surface area contributed by atoms with E-state index in [4.69, 9.17) is 4.74 Å². The average molecular weight is 291 g/mol. The van der Waals surface area contributed by atoms with Gasteiger partial charge in [0.1, 0.15) is 11.0 Å². The number of ether oxygens (including phenoxy) is 1. The van der Waals surface area contributed by atoms with Crippen molar-refractivity contribution < 1.29 is 26.2 Å². The summed E-state index contributed by atoms with van der Waals surface area (Å²) in [6.45, 7) is -0.388. The molecule has 0 aliphatic carbocycles. The summed E-state index contributed by atoms with van der Waals surface area (Å²) in [6, 6.07) is 3.79. The predicted molar refractivity (Wildman–Crippen MR) is 63.7 cm³/mol. The van der Waals surface area contributed by atoms with Crippen LogP contribution in [0.15, 0.2) is 18.2 Å². The molecule has 19 heavy (non-hydrogen) atoms. The third-order valence-electron chi connectivity index (χ3n) is 2.93. The van der Waals surface area contributed by atoms with Crippen molar-refractivity contribution in [3.8, 4) is 5.75 Å². The number of anilines is 1. The van der Waals surface area contributed by atoms with Crippen LogP contribution in [0.1, 0.15) is 6.42 Å². The highest BCUT2D eigenvalue weighted by Gasteiger charge is 2.39. The molecule has 1 fully saturated rings. The number of hydrogen-bond acceptors (Lipinski definition) is 4. The Morgan fingerprint density at radius 2 is 2.11 bits per heavy atom. The van der Waals surface area contributed by atoms with E-state index in [0.717, 1.165) is 11.0 Å². The fourth-order valence-corrected chi connectivity index (χ4v) is 2.60. The third-order valence-corrected chi connectivity index (χ3v) is 4.05. The smallest absolute Gasteiger partial charge is 0.307 e. The molecule has 0 bridgehead atoms. The highest BCUT2D eigenvalue weighted by molar-refractivity contribution is 7.87. The Hall–Kier alpha value is -1.70. The molecule has 1 aromatic carbocycles. The normalized spacial score (nSPS) is 19.8. The molecule has 1 unspecified atom stereocenters. The maximum absolute atomic E-state index is 13.8. The quantitative estimate of drug-likeness (QED) is 0.786. The van der Waals surface area contributed by atoms with Gasteiger partial charge < -0.3 is 9.64 Å². The molecule has 0 saturated carbocycles. The summed E-state index contributed by atoms with van der Waals surface area (Å²) in [5.41, 5.74) is -0.0862. The highest BCUT2D eigenvalue weighted by Crippen LogP contribution is 2.29. The zero-order valence-electron chi connectivity index (χ0n) is 9.97. The Balaban J connectivity index is 2.31. The first-order chi connectivity index (χ1) is 8.82. The molecule has 0 radical (unpaired) electrons. The molecule has 5 nitrogen and oxygen atoms in total. The van der Waals surface area contributed by atoms with E-state index < -0.39 is 33.6 Å². The minimum Gasteiger partial charge on any atom is -0.497 e. The number of methoxy groups -OCH3 is 1. The number of carbonyl (C=O) groups is 1. The first kappa shape index (κ1) is 13.7. The van der Waals surface area contributed by atoms with E-state index in [1.165, 1.54) is 19.2 Å². The summed E-state index contributed by atoms with van der Waals surface area (Å²) in [6.07, 6.45) is -0.482. The minimum absolute atomic E-state index is 0.0862. The molecule has 2 rings (SSSR count). The first-order valence-corrected chi connectivity index (χ1v) is 6.85. The first-order valence-electron chi connectivity index (χ1n) is 5.40. The van der Waals surface area contributed by atoms with Crippen molar-refractivity contribution in [2.24, 2.45) is 0 Å². The van der Waals surface area contributed by atoms with Gasteiger partial charge in [-0.2, -0.15) is 8.42 Å². The van der Waals surface area contributed by atoms with Crippen LogP contribution in [-0.4, -0.2) is 33.2 Å². The van der Waals surface area contributed by atoms with Crippen LogP contribution in [-0.2, 0) is 15.0 Å². The number of carbonyl (C=O) groups excluding carboxylic acids is 1. The lowest BCUT2D eigenvalue weighted by Crippen LogP contribution is -2.27. The van der Waals surface area contributed by atoms with Crippen molar-refractivity contribution in [3.63, 3.8) is 0 Å². The third kappa shape index (κ3) is 2.67. The molecule has 0 aromatic heterocycles. The molecule has 104 valence electrons. The Kier molecular flexibility index (Phi) is 3.44. The molecule has 0 N–H and O–H groups in total. The fourth-order valence-electron chi connectivity index (χ4n) is 1.93. The number of amides is 1. The average Bonchev–Trinajstić information content (AvgIpc) is 2.71. The lowest BCUT2D eigenvalue weighted by Gasteiger charge is -2.17. The number of hydrogen-bond donors (Lipinski definition) is 0. The van der Waals surface area contributed by atoms with Gasteiger partial charge in [0.15, 0.2) is 5.82 Å². The van der Waals surface area contributed by atoms with E-state index in [0.29, 0.717) is 0 Å². The van der Waals surface area contributed by atoms with E-state index in [1.807, 2.05) is 0 Å². The summed E-state index contributed by atoms with van der Waals surface area (Å²) in [4.78, 5) is 12.6.